The normalized spacial score (nSPS) is 55.6. The molecule has 1 saturated heterocycles. The number of hydrogen-bond acceptors (Lipinski definition) is 3. The number of carbonyl (C=O) groups is 1. The van der Waals surface area contributed by atoms with Gasteiger partial charge >= 0.3 is 5.97 Å². The monoisotopic (exact) mass is 225 g/mol. The molecule has 0 aromatic heterocycles. The van der Waals surface area contributed by atoms with Crippen molar-refractivity contribution in [3.05, 3.63) is 0 Å². The second kappa shape index (κ2) is 2.62. The maximum absolute atomic E-state index is 11.2. The molecule has 3 rings (SSSR count). The van der Waals surface area contributed by atoms with Crippen LogP contribution in [0.25, 0.3) is 0 Å². The first kappa shape index (κ1) is 10.5. The molecule has 3 fully saturated rings. The van der Waals surface area contributed by atoms with Crippen LogP contribution in [-0.2, 0) is 9.53 Å². The summed E-state index contributed by atoms with van der Waals surface area (Å²) in [6.07, 6.45) is 3.08. The predicted molar refractivity (Wildman–Crippen MR) is 57.8 cm³/mol. The van der Waals surface area contributed by atoms with Gasteiger partial charge in [0.1, 0.15) is 11.6 Å². The van der Waals surface area contributed by atoms with Crippen molar-refractivity contribution in [1.82, 2.24) is 0 Å². The first-order chi connectivity index (χ1) is 7.37. The molecule has 3 N–H and O–H groups in total. The van der Waals surface area contributed by atoms with Gasteiger partial charge in [0, 0.05) is 10.8 Å². The number of aliphatic carboxylic acids is 1. The van der Waals surface area contributed by atoms with E-state index < -0.39 is 17.6 Å². The summed E-state index contributed by atoms with van der Waals surface area (Å²) in [4.78, 5) is 11.2. The molecule has 2 aliphatic carbocycles. The van der Waals surface area contributed by atoms with Crippen LogP contribution in [0.4, 0.5) is 0 Å². The molecule has 0 unspecified atom stereocenters. The molecule has 4 nitrogen and oxygen atoms in total. The van der Waals surface area contributed by atoms with Gasteiger partial charge in [0.05, 0.1) is 6.61 Å². The van der Waals surface area contributed by atoms with E-state index in [1.165, 1.54) is 6.42 Å². The average molecular weight is 225 g/mol. The molecule has 0 spiro atoms. The molecular weight excluding hydrogens is 206 g/mol. The minimum atomic E-state index is -0.932. The van der Waals surface area contributed by atoms with Gasteiger partial charge in [-0.1, -0.05) is 13.8 Å². The van der Waals surface area contributed by atoms with Gasteiger partial charge in [0.15, 0.2) is 0 Å². The smallest absolute Gasteiger partial charge is 0.323 e. The Morgan fingerprint density at radius 2 is 2.25 bits per heavy atom. The van der Waals surface area contributed by atoms with Gasteiger partial charge in [-0.25, -0.2) is 0 Å². The molecule has 1 heterocycles. The topological polar surface area (TPSA) is 72.6 Å². The number of nitrogens with two attached hydrogens (primary N) is 1. The van der Waals surface area contributed by atoms with Crippen LogP contribution in [0.3, 0.4) is 0 Å². The highest BCUT2D eigenvalue weighted by atomic mass is 16.5. The third-order valence-electron chi connectivity index (χ3n) is 6.04. The minimum Gasteiger partial charge on any atom is -0.480 e. The Bertz CT molecular complexity index is 371. The van der Waals surface area contributed by atoms with E-state index in [9.17, 15) is 9.90 Å². The molecule has 0 radical (unpaired) electrons. The van der Waals surface area contributed by atoms with E-state index in [0.717, 1.165) is 12.8 Å². The average Bonchev–Trinajstić information content (AvgIpc) is 2.70. The van der Waals surface area contributed by atoms with E-state index in [-0.39, 0.29) is 10.8 Å². The highest BCUT2D eigenvalue weighted by Gasteiger charge is 2.78. The van der Waals surface area contributed by atoms with Crippen LogP contribution in [0.5, 0.6) is 0 Å². The van der Waals surface area contributed by atoms with E-state index in [4.69, 9.17) is 10.5 Å². The summed E-state index contributed by atoms with van der Waals surface area (Å²) in [6.45, 7) is 5.10. The van der Waals surface area contributed by atoms with E-state index in [0.29, 0.717) is 12.5 Å². The maximum atomic E-state index is 11.2. The third kappa shape index (κ3) is 0.778. The summed E-state index contributed by atoms with van der Waals surface area (Å²) >= 11 is 0. The van der Waals surface area contributed by atoms with Gasteiger partial charge in [-0.15, -0.1) is 0 Å². The number of rotatable bonds is 2. The standard InChI is InChI=1S/C12H19NO3/c1-10-6-16-12(8(13)9(14)15)5-7(10)3-4-11(10,12)2/h7-8H,3-6,13H2,1-2H3,(H,14,15)/t7-,8-,10+,11-,12+/m1/s1. The highest BCUT2D eigenvalue weighted by molar-refractivity contribution is 5.75. The van der Waals surface area contributed by atoms with Crippen LogP contribution in [0, 0.1) is 16.7 Å². The summed E-state index contributed by atoms with van der Waals surface area (Å²) in [7, 11) is 0. The van der Waals surface area contributed by atoms with Gasteiger partial charge in [0.2, 0.25) is 0 Å². The summed E-state index contributed by atoms with van der Waals surface area (Å²) in [5.74, 6) is -0.338. The van der Waals surface area contributed by atoms with E-state index in [1.54, 1.807) is 0 Å². The molecule has 0 amide bonds. The second-order valence-electron chi connectivity index (χ2n) is 6.18. The minimum absolute atomic E-state index is 0.0531. The van der Waals surface area contributed by atoms with Crippen molar-refractivity contribution >= 4 is 5.97 Å². The lowest BCUT2D eigenvalue weighted by Crippen LogP contribution is -2.59. The lowest BCUT2D eigenvalue weighted by Gasteiger charge is -2.43. The number of ether oxygens (including phenoxy) is 1. The zero-order valence-corrected chi connectivity index (χ0v) is 9.82. The first-order valence-electron chi connectivity index (χ1n) is 6.00. The molecule has 3 aliphatic rings. The molecule has 4 bridgehead atoms. The predicted octanol–water partition coefficient (Wildman–Crippen LogP) is 0.994. The first-order valence-corrected chi connectivity index (χ1v) is 6.00. The lowest BCUT2D eigenvalue weighted by molar-refractivity contribution is -0.156. The van der Waals surface area contributed by atoms with Crippen LogP contribution in [0.2, 0.25) is 0 Å². The Labute approximate surface area is 95.1 Å². The van der Waals surface area contributed by atoms with Crippen molar-refractivity contribution in [3.8, 4) is 0 Å². The van der Waals surface area contributed by atoms with E-state index in [2.05, 4.69) is 13.8 Å². The maximum Gasteiger partial charge on any atom is 0.323 e. The molecule has 5 atom stereocenters. The fourth-order valence-corrected chi connectivity index (χ4v) is 4.66. The van der Waals surface area contributed by atoms with Crippen molar-refractivity contribution in [3.63, 3.8) is 0 Å². The van der Waals surface area contributed by atoms with Crippen molar-refractivity contribution in [2.24, 2.45) is 22.5 Å². The van der Waals surface area contributed by atoms with Crippen LogP contribution < -0.4 is 5.73 Å². The third-order valence-corrected chi connectivity index (χ3v) is 6.04. The van der Waals surface area contributed by atoms with Gasteiger partial charge < -0.3 is 15.6 Å². The summed E-state index contributed by atoms with van der Waals surface area (Å²) < 4.78 is 5.90. The molecule has 90 valence electrons. The van der Waals surface area contributed by atoms with E-state index in [1.807, 2.05) is 0 Å². The Kier molecular flexibility index (Phi) is 1.72. The van der Waals surface area contributed by atoms with Crippen molar-refractivity contribution in [2.75, 3.05) is 6.61 Å². The van der Waals surface area contributed by atoms with Gasteiger partial charge in [-0.3, -0.25) is 4.79 Å². The second-order valence-corrected chi connectivity index (χ2v) is 6.18. The Morgan fingerprint density at radius 1 is 1.56 bits per heavy atom. The summed E-state index contributed by atoms with van der Waals surface area (Å²) in [6, 6.07) is -0.885. The lowest BCUT2D eigenvalue weighted by atomic mass is 9.64. The molecule has 0 aromatic carbocycles. The van der Waals surface area contributed by atoms with Crippen molar-refractivity contribution in [1.29, 1.82) is 0 Å². The largest absolute Gasteiger partial charge is 0.480 e. The summed E-state index contributed by atoms with van der Waals surface area (Å²) in [5, 5.41) is 9.18. The van der Waals surface area contributed by atoms with Crippen LogP contribution in [-0.4, -0.2) is 29.3 Å². The van der Waals surface area contributed by atoms with Crippen molar-refractivity contribution < 1.29 is 14.6 Å². The highest BCUT2D eigenvalue weighted by Crippen LogP contribution is 2.75. The fourth-order valence-electron chi connectivity index (χ4n) is 4.66. The molecule has 4 heteroatoms. The zero-order chi connectivity index (χ0) is 11.8. The number of hydrogen-bond donors (Lipinski definition) is 2. The van der Waals surface area contributed by atoms with Gasteiger partial charge in [-0.05, 0) is 25.2 Å². The van der Waals surface area contributed by atoms with Crippen molar-refractivity contribution in [2.45, 2.75) is 44.8 Å². The molecule has 2 saturated carbocycles. The molecule has 0 aromatic rings. The SMILES string of the molecule is C[C@]12CC[C@@H]3C[C@@]1([C@H](N)C(=O)O)OC[C@@]32C. The van der Waals surface area contributed by atoms with Crippen LogP contribution in [0.15, 0.2) is 0 Å². The Morgan fingerprint density at radius 3 is 2.75 bits per heavy atom. The number of carboxylic acid groups (broad SMARTS) is 1. The molecule has 16 heavy (non-hydrogen) atoms. The zero-order valence-electron chi connectivity index (χ0n) is 9.82. The Balaban J connectivity index is 2.09. The quantitative estimate of drug-likeness (QED) is 0.735. The van der Waals surface area contributed by atoms with Crippen LogP contribution in [0.1, 0.15) is 33.1 Å². The molecule has 1 aliphatic heterocycles. The van der Waals surface area contributed by atoms with Crippen LogP contribution >= 0.6 is 0 Å². The fraction of sp³-hybridized carbons (Fsp3) is 0.917. The Hall–Kier alpha value is -0.610. The van der Waals surface area contributed by atoms with Gasteiger partial charge in [0.25, 0.3) is 0 Å². The number of carboxylic acids is 1. The molecular formula is C12H19NO3. The van der Waals surface area contributed by atoms with Gasteiger partial charge in [-0.2, -0.15) is 0 Å². The summed E-state index contributed by atoms with van der Waals surface area (Å²) in [5.41, 5.74) is 5.37. The van der Waals surface area contributed by atoms with E-state index >= 15 is 0 Å².